The van der Waals surface area contributed by atoms with Crippen molar-refractivity contribution < 1.29 is 32.5 Å². The number of aliphatic hydroxyl groups excluding tert-OH is 2. The number of nitrogens with zero attached hydrogens (tertiary/aromatic N) is 1. The van der Waals surface area contributed by atoms with Crippen molar-refractivity contribution in [2.24, 2.45) is 4.99 Å². The van der Waals surface area contributed by atoms with Crippen LogP contribution in [0.2, 0.25) is 0 Å². The summed E-state index contributed by atoms with van der Waals surface area (Å²) in [5.41, 5.74) is -0.792. The number of nitrogens with one attached hydrogen (secondary N) is 1. The van der Waals surface area contributed by atoms with Crippen LogP contribution in [0.1, 0.15) is 6.42 Å². The molecule has 2 saturated heterocycles. The Bertz CT molecular complexity index is 382. The molecule has 0 aliphatic carbocycles. The molecule has 20 heavy (non-hydrogen) atoms. The zero-order valence-electron chi connectivity index (χ0n) is 10.2. The predicted molar refractivity (Wildman–Crippen MR) is 64.1 cm³/mol. The molecule has 5 nitrogen and oxygen atoms in total. The summed E-state index contributed by atoms with van der Waals surface area (Å²) in [6.07, 6.45) is -10.4. The fourth-order valence-corrected chi connectivity index (χ4v) is 3.26. The summed E-state index contributed by atoms with van der Waals surface area (Å²) < 4.78 is 54.3. The second-order valence-corrected chi connectivity index (χ2v) is 5.59. The van der Waals surface area contributed by atoms with Crippen molar-refractivity contribution in [3.8, 4) is 0 Å². The Morgan fingerprint density at radius 1 is 1.30 bits per heavy atom. The summed E-state index contributed by atoms with van der Waals surface area (Å²) in [5, 5.41) is 22.6. The van der Waals surface area contributed by atoms with Crippen molar-refractivity contribution in [3.63, 3.8) is 0 Å². The van der Waals surface area contributed by atoms with Gasteiger partial charge in [0.2, 0.25) is 0 Å². The number of aliphatic imine (C=N–C) groups is 1. The smallest absolute Gasteiger partial charge is 0.388 e. The predicted octanol–water partition coefficient (Wildman–Crippen LogP) is 0.416. The minimum absolute atomic E-state index is 0.0839. The molecule has 10 heteroatoms. The number of amidine groups is 1. The Morgan fingerprint density at radius 2 is 2.00 bits per heavy atom. The maximum absolute atomic E-state index is 12.4. The van der Waals surface area contributed by atoms with Crippen LogP contribution in [0.3, 0.4) is 0 Å². The van der Waals surface area contributed by atoms with E-state index in [0.717, 1.165) is 11.8 Å². The van der Waals surface area contributed by atoms with Crippen LogP contribution in [0.5, 0.6) is 0 Å². The number of aliphatic hydroxyl groups is 2. The standard InChI is InChI=1S/C10H14F4N2O3S/c11-1-2-15-9-16-5-7(18)6(17)4(3-10(12,13)14)19-8(5)20-9/h4-8,17-18H,1-3H2,(H,15,16). The molecule has 3 N–H and O–H groups in total. The molecular formula is C10H14F4N2O3S. The van der Waals surface area contributed by atoms with Gasteiger partial charge in [0.25, 0.3) is 0 Å². The third-order valence-electron chi connectivity index (χ3n) is 2.99. The molecule has 2 aliphatic heterocycles. The van der Waals surface area contributed by atoms with E-state index in [9.17, 15) is 27.8 Å². The van der Waals surface area contributed by atoms with E-state index in [4.69, 9.17) is 4.74 Å². The van der Waals surface area contributed by atoms with Gasteiger partial charge in [0.15, 0.2) is 5.17 Å². The number of hydrogen-bond acceptors (Lipinski definition) is 5. The average Bonchev–Trinajstić information content (AvgIpc) is 2.74. The molecule has 2 heterocycles. The molecule has 0 aromatic carbocycles. The molecule has 0 bridgehead atoms. The van der Waals surface area contributed by atoms with Crippen molar-refractivity contribution >= 4 is 16.9 Å². The van der Waals surface area contributed by atoms with Gasteiger partial charge in [-0.05, 0) is 0 Å². The Labute approximate surface area is 116 Å². The van der Waals surface area contributed by atoms with Crippen molar-refractivity contribution in [1.82, 2.24) is 5.32 Å². The van der Waals surface area contributed by atoms with Gasteiger partial charge in [-0.2, -0.15) is 13.2 Å². The Morgan fingerprint density at radius 3 is 2.60 bits per heavy atom. The van der Waals surface area contributed by atoms with E-state index in [0.29, 0.717) is 0 Å². The molecule has 5 unspecified atom stereocenters. The SMILES string of the molecule is OC1C(CC(F)(F)F)OC2SC(=NCCF)NC2C1O. The van der Waals surface area contributed by atoms with E-state index in [-0.39, 0.29) is 11.7 Å². The summed E-state index contributed by atoms with van der Waals surface area (Å²) in [5.74, 6) is 0. The summed E-state index contributed by atoms with van der Waals surface area (Å²) in [7, 11) is 0. The third-order valence-corrected chi connectivity index (χ3v) is 4.10. The summed E-state index contributed by atoms with van der Waals surface area (Å²) >= 11 is 0.982. The minimum atomic E-state index is -4.50. The summed E-state index contributed by atoms with van der Waals surface area (Å²) in [6, 6.07) is -0.766. The zero-order valence-corrected chi connectivity index (χ0v) is 11.0. The van der Waals surface area contributed by atoms with Gasteiger partial charge in [-0.15, -0.1) is 0 Å². The maximum atomic E-state index is 12.4. The Balaban J connectivity index is 2.05. The Hall–Kier alpha value is -0.580. The maximum Gasteiger partial charge on any atom is 0.391 e. The highest BCUT2D eigenvalue weighted by molar-refractivity contribution is 8.14. The molecule has 2 aliphatic rings. The first kappa shape index (κ1) is 15.8. The van der Waals surface area contributed by atoms with Gasteiger partial charge >= 0.3 is 6.18 Å². The van der Waals surface area contributed by atoms with Gasteiger partial charge in [-0.25, -0.2) is 4.39 Å². The van der Waals surface area contributed by atoms with E-state index >= 15 is 0 Å². The Kier molecular flexibility index (Phi) is 4.77. The molecule has 0 aromatic heterocycles. The molecule has 0 aromatic rings. The molecule has 0 saturated carbocycles. The van der Waals surface area contributed by atoms with Crippen LogP contribution < -0.4 is 5.32 Å². The van der Waals surface area contributed by atoms with Gasteiger partial charge in [0.05, 0.1) is 25.1 Å². The summed E-state index contributed by atoms with van der Waals surface area (Å²) in [6.45, 7) is -0.747. The van der Waals surface area contributed by atoms with Gasteiger partial charge < -0.3 is 20.3 Å². The van der Waals surface area contributed by atoms with Gasteiger partial charge in [0.1, 0.15) is 24.3 Å². The highest BCUT2D eigenvalue weighted by Gasteiger charge is 2.51. The molecule has 5 atom stereocenters. The average molecular weight is 318 g/mol. The van der Waals surface area contributed by atoms with Crippen molar-refractivity contribution in [2.75, 3.05) is 13.2 Å². The first-order valence-corrected chi connectivity index (χ1v) is 6.82. The van der Waals surface area contributed by atoms with Crippen LogP contribution in [0.25, 0.3) is 0 Å². The van der Waals surface area contributed by atoms with Crippen LogP contribution in [0.4, 0.5) is 17.6 Å². The van der Waals surface area contributed by atoms with Crippen LogP contribution in [-0.2, 0) is 4.74 Å². The zero-order chi connectivity index (χ0) is 14.9. The van der Waals surface area contributed by atoms with Gasteiger partial charge in [0, 0.05) is 0 Å². The number of thioether (sulfide) groups is 1. The van der Waals surface area contributed by atoms with E-state index in [1.54, 1.807) is 0 Å². The second-order valence-electron chi connectivity index (χ2n) is 4.51. The number of halogens is 4. The molecule has 0 radical (unpaired) electrons. The van der Waals surface area contributed by atoms with Crippen LogP contribution in [0, 0.1) is 0 Å². The lowest BCUT2D eigenvalue weighted by Crippen LogP contribution is -2.59. The normalized spacial score (nSPS) is 39.7. The van der Waals surface area contributed by atoms with E-state index in [1.165, 1.54) is 0 Å². The lowest BCUT2D eigenvalue weighted by molar-refractivity contribution is -0.211. The molecule has 0 spiro atoms. The topological polar surface area (TPSA) is 74.1 Å². The highest BCUT2D eigenvalue weighted by Crippen LogP contribution is 2.37. The van der Waals surface area contributed by atoms with E-state index < -0.39 is 49.1 Å². The molecule has 0 amide bonds. The fourth-order valence-electron chi connectivity index (χ4n) is 2.10. The highest BCUT2D eigenvalue weighted by atomic mass is 32.2. The van der Waals surface area contributed by atoms with Gasteiger partial charge in [-0.1, -0.05) is 11.8 Å². The molecule has 2 fully saturated rings. The number of rotatable bonds is 3. The number of ether oxygens (including phenoxy) is 1. The van der Waals surface area contributed by atoms with Crippen molar-refractivity contribution in [2.45, 2.75) is 42.4 Å². The first-order valence-electron chi connectivity index (χ1n) is 5.94. The molecule has 116 valence electrons. The van der Waals surface area contributed by atoms with Crippen molar-refractivity contribution in [3.05, 3.63) is 0 Å². The monoisotopic (exact) mass is 318 g/mol. The second kappa shape index (κ2) is 6.04. The van der Waals surface area contributed by atoms with Crippen LogP contribution >= 0.6 is 11.8 Å². The fraction of sp³-hybridized carbons (Fsp3) is 0.900. The molecular weight excluding hydrogens is 304 g/mol. The van der Waals surface area contributed by atoms with Crippen molar-refractivity contribution in [1.29, 1.82) is 0 Å². The third kappa shape index (κ3) is 3.54. The van der Waals surface area contributed by atoms with Crippen LogP contribution in [0.15, 0.2) is 4.99 Å². The lowest BCUT2D eigenvalue weighted by atomic mass is 9.96. The largest absolute Gasteiger partial charge is 0.391 e. The number of hydrogen-bond donors (Lipinski definition) is 3. The quantitative estimate of drug-likeness (QED) is 0.658. The lowest BCUT2D eigenvalue weighted by Gasteiger charge is -2.39. The van der Waals surface area contributed by atoms with E-state index in [2.05, 4.69) is 10.3 Å². The van der Waals surface area contributed by atoms with Crippen LogP contribution in [-0.4, -0.2) is 64.6 Å². The first-order chi connectivity index (χ1) is 9.31. The van der Waals surface area contributed by atoms with Gasteiger partial charge in [-0.3, -0.25) is 4.99 Å². The summed E-state index contributed by atoms with van der Waals surface area (Å²) in [4.78, 5) is 3.82. The minimum Gasteiger partial charge on any atom is -0.388 e. The number of alkyl halides is 4. The molecule has 2 rings (SSSR count). The number of fused-ring (bicyclic) bond motifs is 1. The van der Waals surface area contributed by atoms with E-state index in [1.807, 2.05) is 0 Å².